The minimum atomic E-state index is -2.72. The Balaban J connectivity index is 2.38. The number of rotatable bonds is 3. The summed E-state index contributed by atoms with van der Waals surface area (Å²) in [6.45, 7) is 4.35. The van der Waals surface area contributed by atoms with Gasteiger partial charge in [0, 0.05) is 6.54 Å². The molecule has 2 N–H and O–H groups in total. The molecule has 1 aliphatic rings. The molecule has 0 atom stereocenters. The minimum Gasteiger partial charge on any atom is -0.327 e. The van der Waals surface area contributed by atoms with Crippen LogP contribution in [0.1, 0.15) is 19.3 Å². The summed E-state index contributed by atoms with van der Waals surface area (Å²) in [7, 11) is -2.72. The molecule has 0 spiro atoms. The van der Waals surface area contributed by atoms with Crippen molar-refractivity contribution in [3.63, 3.8) is 0 Å². The van der Waals surface area contributed by atoms with E-state index in [0.29, 0.717) is 24.0 Å². The third-order valence-electron chi connectivity index (χ3n) is 2.54. The first-order valence-corrected chi connectivity index (χ1v) is 6.43. The van der Waals surface area contributed by atoms with Crippen molar-refractivity contribution in [2.45, 2.75) is 19.3 Å². The predicted molar refractivity (Wildman–Crippen MR) is 54.2 cm³/mol. The number of nitrogens with two attached hydrogens (primary N) is 1. The van der Waals surface area contributed by atoms with Crippen molar-refractivity contribution in [3.05, 3.63) is 12.2 Å². The van der Waals surface area contributed by atoms with E-state index in [1.54, 1.807) is 0 Å². The van der Waals surface area contributed by atoms with Crippen LogP contribution in [-0.4, -0.2) is 26.5 Å². The van der Waals surface area contributed by atoms with Crippen LogP contribution >= 0.6 is 0 Å². The maximum atomic E-state index is 11.1. The van der Waals surface area contributed by atoms with Crippen molar-refractivity contribution in [2.75, 3.05) is 18.1 Å². The van der Waals surface area contributed by atoms with Crippen LogP contribution in [0, 0.1) is 5.92 Å². The zero-order valence-electron chi connectivity index (χ0n) is 7.83. The molecule has 0 aromatic carbocycles. The van der Waals surface area contributed by atoms with Gasteiger partial charge in [-0.25, -0.2) is 8.42 Å². The maximum Gasteiger partial charge on any atom is 0.150 e. The van der Waals surface area contributed by atoms with Gasteiger partial charge in [-0.05, 0) is 25.2 Å². The molecule has 0 aliphatic carbocycles. The molecule has 0 aromatic heterocycles. The monoisotopic (exact) mass is 203 g/mol. The van der Waals surface area contributed by atoms with Crippen molar-refractivity contribution >= 4 is 9.84 Å². The summed E-state index contributed by atoms with van der Waals surface area (Å²) in [6, 6.07) is 0. The summed E-state index contributed by atoms with van der Waals surface area (Å²) in [4.78, 5) is 0. The molecule has 0 saturated carbocycles. The van der Waals surface area contributed by atoms with E-state index < -0.39 is 9.84 Å². The van der Waals surface area contributed by atoms with Gasteiger partial charge in [0.15, 0.2) is 0 Å². The first kappa shape index (κ1) is 10.7. The highest BCUT2D eigenvalue weighted by atomic mass is 32.2. The topological polar surface area (TPSA) is 60.2 Å². The first-order chi connectivity index (χ1) is 6.03. The Hall–Kier alpha value is -0.350. The third-order valence-corrected chi connectivity index (χ3v) is 4.26. The highest BCUT2D eigenvalue weighted by Gasteiger charge is 2.23. The Morgan fingerprint density at radius 1 is 1.38 bits per heavy atom. The average molecular weight is 203 g/mol. The second kappa shape index (κ2) is 4.24. The zero-order chi connectivity index (χ0) is 9.90. The normalized spacial score (nSPS) is 22.8. The van der Waals surface area contributed by atoms with Gasteiger partial charge < -0.3 is 5.73 Å². The smallest absolute Gasteiger partial charge is 0.150 e. The summed E-state index contributed by atoms with van der Waals surface area (Å²) in [5.74, 6) is 1.17. The van der Waals surface area contributed by atoms with Crippen LogP contribution < -0.4 is 5.73 Å². The Morgan fingerprint density at radius 2 is 1.92 bits per heavy atom. The number of sulfone groups is 1. The summed E-state index contributed by atoms with van der Waals surface area (Å²) in [5, 5.41) is 0. The van der Waals surface area contributed by atoms with E-state index in [1.807, 2.05) is 0 Å². The van der Waals surface area contributed by atoms with Crippen LogP contribution in [0.5, 0.6) is 0 Å². The van der Waals surface area contributed by atoms with Crippen LogP contribution in [0.2, 0.25) is 0 Å². The van der Waals surface area contributed by atoms with Gasteiger partial charge in [-0.15, -0.1) is 0 Å². The van der Waals surface area contributed by atoms with Gasteiger partial charge >= 0.3 is 0 Å². The molecule has 0 aromatic rings. The van der Waals surface area contributed by atoms with Crippen molar-refractivity contribution in [1.82, 2.24) is 0 Å². The standard InChI is InChI=1S/C9H17NO2S/c1-8(7-10)6-9-2-4-13(11,12)5-3-9/h9H,1-7,10H2. The molecule has 1 heterocycles. The van der Waals surface area contributed by atoms with E-state index >= 15 is 0 Å². The molecule has 1 fully saturated rings. The van der Waals surface area contributed by atoms with E-state index in [0.717, 1.165) is 24.8 Å². The Bertz CT molecular complexity index is 268. The highest BCUT2D eigenvalue weighted by Crippen LogP contribution is 2.24. The lowest BCUT2D eigenvalue weighted by molar-refractivity contribution is 0.460. The van der Waals surface area contributed by atoms with Gasteiger partial charge in [0.05, 0.1) is 11.5 Å². The fourth-order valence-electron chi connectivity index (χ4n) is 1.63. The Morgan fingerprint density at radius 3 is 2.38 bits per heavy atom. The van der Waals surface area contributed by atoms with Gasteiger partial charge in [-0.2, -0.15) is 0 Å². The quantitative estimate of drug-likeness (QED) is 0.687. The van der Waals surface area contributed by atoms with Crippen LogP contribution in [-0.2, 0) is 9.84 Å². The van der Waals surface area contributed by atoms with Gasteiger partial charge in [0.1, 0.15) is 9.84 Å². The van der Waals surface area contributed by atoms with E-state index in [4.69, 9.17) is 5.73 Å². The lowest BCUT2D eigenvalue weighted by Crippen LogP contribution is -2.24. The zero-order valence-corrected chi connectivity index (χ0v) is 8.65. The third kappa shape index (κ3) is 3.48. The van der Waals surface area contributed by atoms with Crippen molar-refractivity contribution in [1.29, 1.82) is 0 Å². The van der Waals surface area contributed by atoms with Crippen LogP contribution in [0.4, 0.5) is 0 Å². The second-order valence-electron chi connectivity index (χ2n) is 3.75. The Labute approximate surface area is 79.9 Å². The molecule has 1 aliphatic heterocycles. The maximum absolute atomic E-state index is 11.1. The van der Waals surface area contributed by atoms with E-state index in [1.165, 1.54) is 0 Å². The molecule has 3 nitrogen and oxygen atoms in total. The van der Waals surface area contributed by atoms with Crippen molar-refractivity contribution in [2.24, 2.45) is 11.7 Å². The van der Waals surface area contributed by atoms with Crippen molar-refractivity contribution in [3.8, 4) is 0 Å². The fourth-order valence-corrected chi connectivity index (χ4v) is 3.22. The van der Waals surface area contributed by atoms with Gasteiger partial charge in [0.25, 0.3) is 0 Å². The summed E-state index contributed by atoms with van der Waals surface area (Å²) < 4.78 is 22.2. The molecular weight excluding hydrogens is 186 g/mol. The summed E-state index contributed by atoms with van der Waals surface area (Å²) in [5.41, 5.74) is 6.46. The van der Waals surface area contributed by atoms with E-state index in [9.17, 15) is 8.42 Å². The Kier molecular flexibility index (Phi) is 3.50. The molecule has 1 saturated heterocycles. The van der Waals surface area contributed by atoms with Crippen LogP contribution in [0.15, 0.2) is 12.2 Å². The SMILES string of the molecule is C=C(CN)CC1CCS(=O)(=O)CC1. The lowest BCUT2D eigenvalue weighted by atomic mass is 9.95. The molecule has 0 bridgehead atoms. The van der Waals surface area contributed by atoms with E-state index in [2.05, 4.69) is 6.58 Å². The van der Waals surface area contributed by atoms with Gasteiger partial charge in [-0.3, -0.25) is 0 Å². The molecule has 4 heteroatoms. The molecular formula is C9H17NO2S. The van der Waals surface area contributed by atoms with Crippen LogP contribution in [0.3, 0.4) is 0 Å². The first-order valence-electron chi connectivity index (χ1n) is 4.60. The molecule has 1 rings (SSSR count). The minimum absolute atomic E-state index is 0.343. The van der Waals surface area contributed by atoms with Gasteiger partial charge in [0.2, 0.25) is 0 Å². The average Bonchev–Trinajstić information content (AvgIpc) is 2.08. The van der Waals surface area contributed by atoms with E-state index in [-0.39, 0.29) is 0 Å². The number of hydrogen-bond acceptors (Lipinski definition) is 3. The molecule has 13 heavy (non-hydrogen) atoms. The predicted octanol–water partition coefficient (Wildman–Crippen LogP) is 0.716. The highest BCUT2D eigenvalue weighted by molar-refractivity contribution is 7.91. The van der Waals surface area contributed by atoms with Gasteiger partial charge in [-0.1, -0.05) is 12.2 Å². The van der Waals surface area contributed by atoms with Crippen molar-refractivity contribution < 1.29 is 8.42 Å². The summed E-state index contributed by atoms with van der Waals surface area (Å²) >= 11 is 0. The molecule has 0 amide bonds. The largest absolute Gasteiger partial charge is 0.327 e. The lowest BCUT2D eigenvalue weighted by Gasteiger charge is -2.22. The second-order valence-corrected chi connectivity index (χ2v) is 6.06. The molecule has 0 unspecified atom stereocenters. The summed E-state index contributed by atoms with van der Waals surface area (Å²) in [6.07, 6.45) is 2.45. The fraction of sp³-hybridized carbons (Fsp3) is 0.778. The van der Waals surface area contributed by atoms with Crippen LogP contribution in [0.25, 0.3) is 0 Å². The number of hydrogen-bond donors (Lipinski definition) is 1. The molecule has 76 valence electrons. The molecule has 0 radical (unpaired) electrons.